The third-order valence-electron chi connectivity index (χ3n) is 10.3. The van der Waals surface area contributed by atoms with Crippen LogP contribution in [0.15, 0.2) is 11.6 Å². The van der Waals surface area contributed by atoms with Gasteiger partial charge in [-0.05, 0) is 97.7 Å². The summed E-state index contributed by atoms with van der Waals surface area (Å²) in [7, 11) is -4.67. The van der Waals surface area contributed by atoms with E-state index in [4.69, 9.17) is 17.5 Å². The van der Waals surface area contributed by atoms with Gasteiger partial charge in [-0.1, -0.05) is 65.5 Å². The van der Waals surface area contributed by atoms with Crippen LogP contribution in [-0.2, 0) is 10.4 Å². The first-order chi connectivity index (χ1) is 15.3. The fraction of sp³-hybridized carbons (Fsp3) is 0.926. The van der Waals surface area contributed by atoms with Crippen molar-refractivity contribution in [3.8, 4) is 0 Å². The molecule has 8 atom stereocenters. The van der Waals surface area contributed by atoms with Crippen molar-refractivity contribution in [1.82, 2.24) is 0 Å². The molecule has 0 heterocycles. The molecule has 3 N–H and O–H groups in total. The fourth-order valence-corrected chi connectivity index (χ4v) is 8.67. The topological polar surface area (TPSA) is 94.8 Å². The van der Waals surface area contributed by atoms with Crippen LogP contribution in [0.1, 0.15) is 105 Å². The molecule has 0 radical (unpaired) electrons. The van der Waals surface area contributed by atoms with Crippen LogP contribution >= 0.6 is 0 Å². The number of hydrogen-bond donors (Lipinski definition) is 3. The van der Waals surface area contributed by atoms with Gasteiger partial charge >= 0.3 is 29.3 Å². The summed E-state index contributed by atoms with van der Waals surface area (Å²) in [4.78, 5) is 0. The molecule has 4 aliphatic carbocycles. The van der Waals surface area contributed by atoms with Crippen molar-refractivity contribution in [1.29, 1.82) is 0 Å². The zero-order valence-corrected chi connectivity index (χ0v) is 22.3. The van der Waals surface area contributed by atoms with Gasteiger partial charge in [-0.3, -0.25) is 9.11 Å². The van der Waals surface area contributed by atoms with Gasteiger partial charge in [0, 0.05) is 0 Å². The number of aliphatic hydroxyl groups is 1. The Bertz CT molecular complexity index is 804. The Morgan fingerprint density at radius 1 is 1.00 bits per heavy atom. The molecule has 0 aromatic heterocycles. The van der Waals surface area contributed by atoms with E-state index in [9.17, 15) is 5.11 Å². The first-order valence-electron chi connectivity index (χ1n) is 13.3. The minimum atomic E-state index is -4.67. The van der Waals surface area contributed by atoms with Gasteiger partial charge in [-0.25, -0.2) is 0 Å². The van der Waals surface area contributed by atoms with Gasteiger partial charge in [0.25, 0.3) is 0 Å². The summed E-state index contributed by atoms with van der Waals surface area (Å²) in [5.74, 6) is 5.46. The van der Waals surface area contributed by atoms with E-state index in [0.717, 1.165) is 48.3 Å². The molecule has 0 aromatic rings. The molecule has 194 valence electrons. The van der Waals surface area contributed by atoms with E-state index in [-0.39, 0.29) is 25.0 Å². The Kier molecular flexibility index (Phi) is 10.5. The molecule has 4 rings (SSSR count). The average Bonchev–Trinajstić information content (AvgIpc) is 3.04. The Labute approximate surface area is 220 Å². The standard InChI is InChI=1S/C27H46O.Li.H2O4S.H/c1-18(2)7-6-8-19(3)23-11-12-24-22-10-9-20-17-21(28)13-15-26(20,4)25(22)14-16-27(23,24)5;;1-5(2,3)4;/h9,18-19,21-25,28H,6-8,10-17H2,1-5H3;;(H2,1,2,3,4);/t19-,21+,22+,23-,24+,25+,26+,27-;;;/m1.../s1. The second-order valence-electron chi connectivity index (χ2n) is 12.6. The monoisotopic (exact) mass is 492 g/mol. The van der Waals surface area contributed by atoms with Crippen LogP contribution in [0.25, 0.3) is 0 Å². The molecule has 0 amide bonds. The molecular weight excluding hydrogens is 443 g/mol. The first kappa shape index (κ1) is 30.4. The molecule has 34 heavy (non-hydrogen) atoms. The Balaban J connectivity index is 0.000000619. The van der Waals surface area contributed by atoms with Crippen LogP contribution in [-0.4, -0.2) is 47.6 Å². The van der Waals surface area contributed by atoms with E-state index in [1.54, 1.807) is 5.57 Å². The fourth-order valence-electron chi connectivity index (χ4n) is 8.67. The summed E-state index contributed by atoms with van der Waals surface area (Å²) >= 11 is 0. The van der Waals surface area contributed by atoms with Crippen LogP contribution in [0.3, 0.4) is 0 Å². The molecule has 3 fully saturated rings. The molecule has 4 aliphatic rings. The number of fused-ring (bicyclic) bond motifs is 5. The third-order valence-corrected chi connectivity index (χ3v) is 10.3. The second-order valence-corrected chi connectivity index (χ2v) is 13.5. The zero-order chi connectivity index (χ0) is 24.6. The summed E-state index contributed by atoms with van der Waals surface area (Å²) in [6.07, 6.45) is 17.2. The van der Waals surface area contributed by atoms with Crippen LogP contribution in [0.2, 0.25) is 0 Å². The van der Waals surface area contributed by atoms with E-state index < -0.39 is 10.4 Å². The van der Waals surface area contributed by atoms with Gasteiger partial charge in [0.2, 0.25) is 0 Å². The van der Waals surface area contributed by atoms with Crippen LogP contribution in [0.4, 0.5) is 0 Å². The van der Waals surface area contributed by atoms with Crippen molar-refractivity contribution in [3.63, 3.8) is 0 Å². The summed E-state index contributed by atoms with van der Waals surface area (Å²) in [6.45, 7) is 12.6. The van der Waals surface area contributed by atoms with E-state index in [1.807, 2.05) is 0 Å². The van der Waals surface area contributed by atoms with E-state index in [2.05, 4.69) is 40.7 Å². The van der Waals surface area contributed by atoms with Gasteiger partial charge in [0.15, 0.2) is 0 Å². The molecule has 0 spiro atoms. The van der Waals surface area contributed by atoms with Gasteiger partial charge in [0.05, 0.1) is 6.10 Å². The van der Waals surface area contributed by atoms with E-state index >= 15 is 0 Å². The predicted octanol–water partition coefficient (Wildman–Crippen LogP) is 6.09. The van der Waals surface area contributed by atoms with Crippen molar-refractivity contribution in [3.05, 3.63) is 11.6 Å². The number of allylic oxidation sites excluding steroid dienone is 1. The Morgan fingerprint density at radius 2 is 1.65 bits per heavy atom. The van der Waals surface area contributed by atoms with Gasteiger partial charge in [-0.15, -0.1) is 0 Å². The number of aliphatic hydroxyl groups excluding tert-OH is 1. The molecule has 0 aromatic carbocycles. The molecule has 0 aliphatic heterocycles. The van der Waals surface area contributed by atoms with Crippen molar-refractivity contribution in [2.75, 3.05) is 0 Å². The van der Waals surface area contributed by atoms with Crippen molar-refractivity contribution in [2.24, 2.45) is 46.3 Å². The van der Waals surface area contributed by atoms with Gasteiger partial charge in [-0.2, -0.15) is 8.42 Å². The Hall–Kier alpha value is 0.167. The Morgan fingerprint density at radius 3 is 2.26 bits per heavy atom. The van der Waals surface area contributed by atoms with Crippen LogP contribution < -0.4 is 0 Å². The average molecular weight is 493 g/mol. The summed E-state index contributed by atoms with van der Waals surface area (Å²) in [5, 5.41) is 10.2. The van der Waals surface area contributed by atoms with Crippen molar-refractivity contribution in [2.45, 2.75) is 111 Å². The number of hydrogen-bond acceptors (Lipinski definition) is 3. The molecule has 7 heteroatoms. The maximum atomic E-state index is 10.2. The van der Waals surface area contributed by atoms with Crippen LogP contribution in [0, 0.1) is 46.3 Å². The van der Waals surface area contributed by atoms with E-state index in [0.29, 0.717) is 10.8 Å². The van der Waals surface area contributed by atoms with Gasteiger partial charge < -0.3 is 5.11 Å². The van der Waals surface area contributed by atoms with Crippen molar-refractivity contribution < 1.29 is 22.6 Å². The summed E-state index contributed by atoms with van der Waals surface area (Å²) < 4.78 is 31.6. The molecule has 5 nitrogen and oxygen atoms in total. The molecule has 0 saturated heterocycles. The number of rotatable bonds is 5. The molecular formula is C27H49LiO5S. The maximum absolute atomic E-state index is 10.2. The molecule has 0 bridgehead atoms. The first-order valence-corrected chi connectivity index (χ1v) is 14.7. The molecule has 0 unspecified atom stereocenters. The summed E-state index contributed by atoms with van der Waals surface area (Å²) in [5.41, 5.74) is 2.60. The van der Waals surface area contributed by atoms with E-state index in [1.165, 1.54) is 57.8 Å². The normalized spacial score (nSPS) is 40.0. The van der Waals surface area contributed by atoms with Gasteiger partial charge in [0.1, 0.15) is 0 Å². The zero-order valence-electron chi connectivity index (χ0n) is 21.5. The second kappa shape index (κ2) is 11.7. The minimum absolute atomic E-state index is 0. The third kappa shape index (κ3) is 6.72. The summed E-state index contributed by atoms with van der Waals surface area (Å²) in [6, 6.07) is 0. The predicted molar refractivity (Wildman–Crippen MR) is 140 cm³/mol. The molecule has 3 saturated carbocycles. The van der Waals surface area contributed by atoms with Crippen molar-refractivity contribution >= 4 is 29.3 Å². The van der Waals surface area contributed by atoms with Crippen LogP contribution in [0.5, 0.6) is 0 Å². The SMILES string of the molecule is CC(C)CCC[C@@H](C)[C@H]1CC[C@H]2[C@@H]3CC=C4C[C@@H](O)CC[C@]4(C)[C@H]3CC[C@]12C.O=S(=O)(O)O.[LiH]. The quantitative estimate of drug-likeness (QED) is 0.245.